The minimum Gasteiger partial charge on any atom is -0.454 e. The van der Waals surface area contributed by atoms with E-state index in [-0.39, 0.29) is 11.2 Å². The molecule has 0 amide bonds. The van der Waals surface area contributed by atoms with E-state index in [9.17, 15) is 4.79 Å². The first kappa shape index (κ1) is 12.6. The van der Waals surface area contributed by atoms with Crippen LogP contribution in [-0.2, 0) is 6.42 Å². The molecule has 0 bridgehead atoms. The summed E-state index contributed by atoms with van der Waals surface area (Å²) in [6, 6.07) is 7.83. The zero-order chi connectivity index (χ0) is 14.8. The molecule has 0 unspecified atom stereocenters. The van der Waals surface area contributed by atoms with Gasteiger partial charge in [-0.25, -0.2) is 4.98 Å². The van der Waals surface area contributed by atoms with Crippen LogP contribution in [0, 0.1) is 12.3 Å². The van der Waals surface area contributed by atoms with E-state index in [4.69, 9.17) is 9.40 Å². The van der Waals surface area contributed by atoms with Crippen LogP contribution in [0.3, 0.4) is 0 Å². The van der Waals surface area contributed by atoms with Gasteiger partial charge in [0.05, 0.1) is 5.56 Å². The number of aromatic nitrogens is 1. The summed E-state index contributed by atoms with van der Waals surface area (Å²) in [5, 5.41) is 0.982. The van der Waals surface area contributed by atoms with Crippen molar-refractivity contribution in [3.63, 3.8) is 0 Å². The molecule has 3 heteroatoms. The molecule has 0 atom stereocenters. The Morgan fingerprint density at radius 2 is 1.95 bits per heavy atom. The van der Waals surface area contributed by atoms with Crippen LogP contribution in [0.15, 0.2) is 28.7 Å². The topological polar surface area (TPSA) is 43.1 Å². The minimum absolute atomic E-state index is 0.00375. The number of hydrogen-bond acceptors (Lipinski definition) is 3. The van der Waals surface area contributed by atoms with E-state index >= 15 is 0 Å². The van der Waals surface area contributed by atoms with Crippen LogP contribution < -0.4 is 0 Å². The fraction of sp³-hybridized carbons (Fsp3) is 0.333. The summed E-state index contributed by atoms with van der Waals surface area (Å²) >= 11 is 0. The van der Waals surface area contributed by atoms with Gasteiger partial charge in [0.2, 0.25) is 0 Å². The quantitative estimate of drug-likeness (QED) is 0.610. The third-order valence-electron chi connectivity index (χ3n) is 4.39. The molecule has 0 radical (unpaired) electrons. The van der Waals surface area contributed by atoms with Crippen molar-refractivity contribution in [2.75, 3.05) is 0 Å². The largest absolute Gasteiger partial charge is 0.454 e. The lowest BCUT2D eigenvalue weighted by atomic mass is 9.73. The van der Waals surface area contributed by atoms with Gasteiger partial charge < -0.3 is 4.42 Å². The van der Waals surface area contributed by atoms with Crippen LogP contribution in [0.5, 0.6) is 0 Å². The maximum absolute atomic E-state index is 12.7. The van der Waals surface area contributed by atoms with E-state index in [2.05, 4.69) is 13.8 Å². The number of para-hydroxylation sites is 1. The Labute approximate surface area is 123 Å². The molecule has 4 rings (SSSR count). The number of pyridine rings is 1. The molecule has 3 nitrogen and oxygen atoms in total. The fourth-order valence-corrected chi connectivity index (χ4v) is 3.44. The smallest absolute Gasteiger partial charge is 0.167 e. The predicted octanol–water partition coefficient (Wildman–Crippen LogP) is 4.44. The molecule has 2 heterocycles. The maximum atomic E-state index is 12.7. The van der Waals surface area contributed by atoms with Crippen molar-refractivity contribution in [3.05, 3.63) is 41.1 Å². The molecule has 2 aromatic heterocycles. The monoisotopic (exact) mass is 279 g/mol. The summed E-state index contributed by atoms with van der Waals surface area (Å²) in [5.41, 5.74) is 5.04. The number of Topliss-reactive ketones (excluding diaryl/α,β-unsaturated/α-hetero) is 1. The average Bonchev–Trinajstić information content (AvgIpc) is 2.76. The SMILES string of the molecule is Cc1nc2c(oc3ccccc32)c2c1CC(C)(C)CC2=O. The Balaban J connectivity index is 2.15. The van der Waals surface area contributed by atoms with Gasteiger partial charge in [-0.3, -0.25) is 4.79 Å². The lowest BCUT2D eigenvalue weighted by Gasteiger charge is -2.30. The molecule has 1 aliphatic carbocycles. The number of fused-ring (bicyclic) bond motifs is 5. The molecule has 0 spiro atoms. The van der Waals surface area contributed by atoms with Gasteiger partial charge in [0.1, 0.15) is 11.1 Å². The number of aryl methyl sites for hydroxylation is 1. The first-order chi connectivity index (χ1) is 9.96. The van der Waals surface area contributed by atoms with Crippen molar-refractivity contribution in [2.24, 2.45) is 5.41 Å². The summed E-state index contributed by atoms with van der Waals surface area (Å²) in [7, 11) is 0. The molecule has 0 fully saturated rings. The Bertz CT molecular complexity index is 902. The van der Waals surface area contributed by atoms with Gasteiger partial charge in [-0.05, 0) is 36.5 Å². The van der Waals surface area contributed by atoms with Crippen molar-refractivity contribution < 1.29 is 9.21 Å². The Hall–Kier alpha value is -2.16. The first-order valence-corrected chi connectivity index (χ1v) is 7.30. The van der Waals surface area contributed by atoms with Crippen LogP contribution in [0.4, 0.5) is 0 Å². The predicted molar refractivity (Wildman–Crippen MR) is 82.7 cm³/mol. The van der Waals surface area contributed by atoms with Gasteiger partial charge in [0.15, 0.2) is 11.4 Å². The molecule has 0 N–H and O–H groups in total. The van der Waals surface area contributed by atoms with Crippen molar-refractivity contribution >= 4 is 27.9 Å². The lowest BCUT2D eigenvalue weighted by Crippen LogP contribution is -2.28. The van der Waals surface area contributed by atoms with Crippen molar-refractivity contribution in [1.29, 1.82) is 0 Å². The number of rotatable bonds is 0. The molecule has 0 saturated carbocycles. The minimum atomic E-state index is -0.00375. The second kappa shape index (κ2) is 3.94. The van der Waals surface area contributed by atoms with Gasteiger partial charge in [-0.15, -0.1) is 0 Å². The molecule has 0 aliphatic heterocycles. The zero-order valence-electron chi connectivity index (χ0n) is 12.5. The summed E-state index contributed by atoms with van der Waals surface area (Å²) in [6.07, 6.45) is 1.44. The second-order valence-electron chi connectivity index (χ2n) is 6.77. The van der Waals surface area contributed by atoms with E-state index in [1.54, 1.807) is 0 Å². The fourth-order valence-electron chi connectivity index (χ4n) is 3.44. The molecule has 1 aliphatic rings. The average molecular weight is 279 g/mol. The number of hydrogen-bond donors (Lipinski definition) is 0. The van der Waals surface area contributed by atoms with E-state index in [1.165, 1.54) is 0 Å². The summed E-state index contributed by atoms with van der Waals surface area (Å²) in [4.78, 5) is 17.4. The molecular formula is C18H17NO2. The van der Waals surface area contributed by atoms with E-state index in [0.717, 1.165) is 39.7 Å². The number of carbonyl (C=O) groups is 1. The highest BCUT2D eigenvalue weighted by Crippen LogP contribution is 2.40. The molecule has 106 valence electrons. The lowest BCUT2D eigenvalue weighted by molar-refractivity contribution is 0.0912. The third-order valence-corrected chi connectivity index (χ3v) is 4.39. The molecule has 1 aromatic carbocycles. The standard InChI is InChI=1S/C18H17NO2/c1-10-12-8-18(2,3)9-13(20)15(12)17-16(19-10)11-6-4-5-7-14(11)21-17/h4-7H,8-9H2,1-3H3. The van der Waals surface area contributed by atoms with E-state index in [1.807, 2.05) is 31.2 Å². The number of ketones is 1. The highest BCUT2D eigenvalue weighted by atomic mass is 16.3. The second-order valence-corrected chi connectivity index (χ2v) is 6.77. The third kappa shape index (κ3) is 1.73. The van der Waals surface area contributed by atoms with Gasteiger partial charge in [-0.1, -0.05) is 26.0 Å². The van der Waals surface area contributed by atoms with Gasteiger partial charge >= 0.3 is 0 Å². The van der Waals surface area contributed by atoms with Crippen molar-refractivity contribution in [1.82, 2.24) is 4.98 Å². The Morgan fingerprint density at radius 1 is 1.19 bits per heavy atom. The number of benzene rings is 1. The molecular weight excluding hydrogens is 262 g/mol. The normalized spacial score (nSPS) is 17.4. The van der Waals surface area contributed by atoms with Crippen LogP contribution >= 0.6 is 0 Å². The highest BCUT2D eigenvalue weighted by molar-refractivity contribution is 6.13. The van der Waals surface area contributed by atoms with E-state index < -0.39 is 0 Å². The summed E-state index contributed by atoms with van der Waals surface area (Å²) in [5.74, 6) is 0.177. The number of nitrogens with zero attached hydrogens (tertiary/aromatic N) is 1. The highest BCUT2D eigenvalue weighted by Gasteiger charge is 2.35. The molecule has 21 heavy (non-hydrogen) atoms. The summed E-state index contributed by atoms with van der Waals surface area (Å²) < 4.78 is 5.96. The van der Waals surface area contributed by atoms with Gasteiger partial charge in [-0.2, -0.15) is 0 Å². The first-order valence-electron chi connectivity index (χ1n) is 7.30. The van der Waals surface area contributed by atoms with Crippen molar-refractivity contribution in [2.45, 2.75) is 33.6 Å². The zero-order valence-corrected chi connectivity index (χ0v) is 12.5. The maximum Gasteiger partial charge on any atom is 0.167 e. The number of carbonyl (C=O) groups excluding carboxylic acids is 1. The molecule has 0 saturated heterocycles. The number of furan rings is 1. The van der Waals surface area contributed by atoms with Crippen LogP contribution in [0.25, 0.3) is 22.1 Å². The molecule has 3 aromatic rings. The van der Waals surface area contributed by atoms with Crippen LogP contribution in [-0.4, -0.2) is 10.8 Å². The Kier molecular flexibility index (Phi) is 2.36. The van der Waals surface area contributed by atoms with Crippen molar-refractivity contribution in [3.8, 4) is 0 Å². The summed E-state index contributed by atoms with van der Waals surface area (Å²) in [6.45, 7) is 6.26. The van der Waals surface area contributed by atoms with Gasteiger partial charge in [0.25, 0.3) is 0 Å². The van der Waals surface area contributed by atoms with E-state index in [0.29, 0.717) is 12.0 Å². The van der Waals surface area contributed by atoms with Crippen LogP contribution in [0.2, 0.25) is 0 Å². The van der Waals surface area contributed by atoms with Crippen LogP contribution in [0.1, 0.15) is 41.9 Å². The Morgan fingerprint density at radius 3 is 2.76 bits per heavy atom. The van der Waals surface area contributed by atoms with Gasteiger partial charge in [0, 0.05) is 17.5 Å².